The molecule has 0 spiro atoms. The minimum absolute atomic E-state index is 0.587. The van der Waals surface area contributed by atoms with Gasteiger partial charge in [0.2, 0.25) is 0 Å². The van der Waals surface area contributed by atoms with Crippen molar-refractivity contribution in [2.45, 2.75) is 13.0 Å². The van der Waals surface area contributed by atoms with Crippen LogP contribution in [0.5, 0.6) is 5.75 Å². The standard InChI is InChI=1S/C11H17NO2/c1-13-11-6-3-2-5-10(11)9-14-8-4-7-12/h2-3,5-6H,4,7-9,12H2,1H3. The summed E-state index contributed by atoms with van der Waals surface area (Å²) in [5.41, 5.74) is 6.44. The summed E-state index contributed by atoms with van der Waals surface area (Å²) in [4.78, 5) is 0. The van der Waals surface area contributed by atoms with Crippen molar-refractivity contribution in [2.24, 2.45) is 5.73 Å². The number of methoxy groups -OCH3 is 1. The van der Waals surface area contributed by atoms with Crippen LogP contribution in [0.4, 0.5) is 0 Å². The van der Waals surface area contributed by atoms with Crippen LogP contribution in [0, 0.1) is 0 Å². The highest BCUT2D eigenvalue weighted by Crippen LogP contribution is 2.17. The van der Waals surface area contributed by atoms with Crippen molar-refractivity contribution in [3.8, 4) is 5.75 Å². The molecule has 0 aromatic heterocycles. The molecule has 0 saturated carbocycles. The summed E-state index contributed by atoms with van der Waals surface area (Å²) in [6, 6.07) is 7.86. The zero-order valence-electron chi connectivity index (χ0n) is 8.53. The van der Waals surface area contributed by atoms with Crippen molar-refractivity contribution in [1.82, 2.24) is 0 Å². The Hall–Kier alpha value is -1.06. The molecule has 3 heteroatoms. The normalized spacial score (nSPS) is 10.1. The smallest absolute Gasteiger partial charge is 0.124 e. The van der Waals surface area contributed by atoms with Gasteiger partial charge in [-0.3, -0.25) is 0 Å². The molecule has 0 heterocycles. The van der Waals surface area contributed by atoms with Crippen LogP contribution in [0.2, 0.25) is 0 Å². The molecule has 1 aromatic carbocycles. The highest BCUT2D eigenvalue weighted by atomic mass is 16.5. The number of rotatable bonds is 6. The van der Waals surface area contributed by atoms with Crippen LogP contribution in [0.1, 0.15) is 12.0 Å². The topological polar surface area (TPSA) is 44.5 Å². The summed E-state index contributed by atoms with van der Waals surface area (Å²) in [5, 5.41) is 0. The zero-order valence-corrected chi connectivity index (χ0v) is 8.53. The molecule has 0 aliphatic carbocycles. The minimum atomic E-state index is 0.587. The van der Waals surface area contributed by atoms with Crippen LogP contribution >= 0.6 is 0 Å². The van der Waals surface area contributed by atoms with Crippen molar-refractivity contribution in [3.63, 3.8) is 0 Å². The molecule has 0 saturated heterocycles. The fourth-order valence-electron chi connectivity index (χ4n) is 1.19. The van der Waals surface area contributed by atoms with Crippen LogP contribution in [0.25, 0.3) is 0 Å². The SMILES string of the molecule is COc1ccccc1COCCCN. The van der Waals surface area contributed by atoms with Crippen molar-refractivity contribution >= 4 is 0 Å². The van der Waals surface area contributed by atoms with E-state index in [9.17, 15) is 0 Å². The van der Waals surface area contributed by atoms with Crippen LogP contribution in [0.3, 0.4) is 0 Å². The van der Waals surface area contributed by atoms with E-state index < -0.39 is 0 Å². The molecule has 0 amide bonds. The summed E-state index contributed by atoms with van der Waals surface area (Å²) in [6.45, 7) is 1.96. The largest absolute Gasteiger partial charge is 0.496 e. The van der Waals surface area contributed by atoms with Crippen molar-refractivity contribution < 1.29 is 9.47 Å². The van der Waals surface area contributed by atoms with E-state index >= 15 is 0 Å². The molecule has 0 aliphatic heterocycles. The van der Waals surface area contributed by atoms with Gasteiger partial charge in [0, 0.05) is 12.2 Å². The maximum atomic E-state index is 5.44. The van der Waals surface area contributed by atoms with Crippen molar-refractivity contribution in [1.29, 1.82) is 0 Å². The minimum Gasteiger partial charge on any atom is -0.496 e. The van der Waals surface area contributed by atoms with Gasteiger partial charge in [0.1, 0.15) is 5.75 Å². The highest BCUT2D eigenvalue weighted by molar-refractivity contribution is 5.32. The van der Waals surface area contributed by atoms with Gasteiger partial charge in [-0.1, -0.05) is 18.2 Å². The first-order valence-electron chi connectivity index (χ1n) is 4.78. The molecule has 78 valence electrons. The van der Waals surface area contributed by atoms with Gasteiger partial charge >= 0.3 is 0 Å². The van der Waals surface area contributed by atoms with Gasteiger partial charge in [-0.25, -0.2) is 0 Å². The van der Waals surface area contributed by atoms with Gasteiger partial charge in [0.15, 0.2) is 0 Å². The predicted molar refractivity (Wildman–Crippen MR) is 56.3 cm³/mol. The first kappa shape index (κ1) is 11.0. The third kappa shape index (κ3) is 3.36. The molecule has 0 radical (unpaired) electrons. The van der Waals surface area contributed by atoms with E-state index in [2.05, 4.69) is 0 Å². The first-order chi connectivity index (χ1) is 6.88. The summed E-state index contributed by atoms with van der Waals surface area (Å²) in [7, 11) is 1.67. The molecular weight excluding hydrogens is 178 g/mol. The third-order valence-electron chi connectivity index (χ3n) is 1.94. The lowest BCUT2D eigenvalue weighted by Gasteiger charge is -2.08. The molecule has 0 atom stereocenters. The Balaban J connectivity index is 2.41. The lowest BCUT2D eigenvalue weighted by Crippen LogP contribution is -2.04. The van der Waals surface area contributed by atoms with Gasteiger partial charge < -0.3 is 15.2 Å². The molecule has 0 aliphatic rings. The molecule has 0 fully saturated rings. The van der Waals surface area contributed by atoms with Gasteiger partial charge in [0.05, 0.1) is 13.7 Å². The molecule has 1 aromatic rings. The van der Waals surface area contributed by atoms with Crippen LogP contribution in [-0.2, 0) is 11.3 Å². The second kappa shape index (κ2) is 6.40. The van der Waals surface area contributed by atoms with Crippen molar-refractivity contribution in [3.05, 3.63) is 29.8 Å². The fraction of sp³-hybridized carbons (Fsp3) is 0.455. The maximum Gasteiger partial charge on any atom is 0.124 e. The molecule has 0 unspecified atom stereocenters. The number of hydrogen-bond donors (Lipinski definition) is 1. The molecular formula is C11H17NO2. The Morgan fingerprint density at radius 2 is 2.07 bits per heavy atom. The maximum absolute atomic E-state index is 5.44. The quantitative estimate of drug-likeness (QED) is 0.701. The molecule has 2 N–H and O–H groups in total. The van der Waals surface area contributed by atoms with Gasteiger partial charge in [-0.15, -0.1) is 0 Å². The zero-order chi connectivity index (χ0) is 10.2. The molecule has 0 bridgehead atoms. The number of benzene rings is 1. The summed E-state index contributed by atoms with van der Waals surface area (Å²) >= 11 is 0. The van der Waals surface area contributed by atoms with E-state index in [1.807, 2.05) is 24.3 Å². The predicted octanol–water partition coefficient (Wildman–Crippen LogP) is 1.56. The highest BCUT2D eigenvalue weighted by Gasteiger charge is 2.00. The van der Waals surface area contributed by atoms with Gasteiger partial charge in [0.25, 0.3) is 0 Å². The van der Waals surface area contributed by atoms with Crippen LogP contribution in [-0.4, -0.2) is 20.3 Å². The Morgan fingerprint density at radius 3 is 2.79 bits per heavy atom. The van der Waals surface area contributed by atoms with E-state index in [1.54, 1.807) is 7.11 Å². The fourth-order valence-corrected chi connectivity index (χ4v) is 1.19. The van der Waals surface area contributed by atoms with E-state index in [0.717, 1.165) is 17.7 Å². The number of hydrogen-bond acceptors (Lipinski definition) is 3. The lowest BCUT2D eigenvalue weighted by atomic mass is 10.2. The first-order valence-corrected chi connectivity index (χ1v) is 4.78. The van der Waals surface area contributed by atoms with E-state index in [1.165, 1.54) is 0 Å². The van der Waals surface area contributed by atoms with E-state index in [-0.39, 0.29) is 0 Å². The Labute approximate surface area is 84.8 Å². The average Bonchev–Trinajstić information content (AvgIpc) is 2.25. The van der Waals surface area contributed by atoms with Gasteiger partial charge in [-0.05, 0) is 19.0 Å². The molecule has 3 nitrogen and oxygen atoms in total. The van der Waals surface area contributed by atoms with E-state index in [0.29, 0.717) is 19.8 Å². The Kier molecular flexibility index (Phi) is 5.04. The van der Waals surface area contributed by atoms with Crippen LogP contribution in [0.15, 0.2) is 24.3 Å². The van der Waals surface area contributed by atoms with E-state index in [4.69, 9.17) is 15.2 Å². The van der Waals surface area contributed by atoms with Crippen molar-refractivity contribution in [2.75, 3.05) is 20.3 Å². The summed E-state index contributed by atoms with van der Waals surface area (Å²) < 4.78 is 10.6. The lowest BCUT2D eigenvalue weighted by molar-refractivity contribution is 0.118. The molecule has 1 rings (SSSR count). The Bertz CT molecular complexity index is 263. The third-order valence-corrected chi connectivity index (χ3v) is 1.94. The van der Waals surface area contributed by atoms with Gasteiger partial charge in [-0.2, -0.15) is 0 Å². The summed E-state index contributed by atoms with van der Waals surface area (Å²) in [5.74, 6) is 0.875. The molecule has 14 heavy (non-hydrogen) atoms. The second-order valence-corrected chi connectivity index (χ2v) is 3.01. The second-order valence-electron chi connectivity index (χ2n) is 3.01. The number of ether oxygens (including phenoxy) is 2. The van der Waals surface area contributed by atoms with Crippen LogP contribution < -0.4 is 10.5 Å². The number of nitrogens with two attached hydrogens (primary N) is 1. The average molecular weight is 195 g/mol. The Morgan fingerprint density at radius 1 is 1.29 bits per heavy atom. The number of para-hydroxylation sites is 1. The monoisotopic (exact) mass is 195 g/mol. The summed E-state index contributed by atoms with van der Waals surface area (Å²) in [6.07, 6.45) is 0.898.